The third-order valence-electron chi connectivity index (χ3n) is 4.26. The van der Waals surface area contributed by atoms with E-state index in [0.29, 0.717) is 36.3 Å². The van der Waals surface area contributed by atoms with Crippen LogP contribution in [0.25, 0.3) is 0 Å². The summed E-state index contributed by atoms with van der Waals surface area (Å²) in [6, 6.07) is 16.0. The summed E-state index contributed by atoms with van der Waals surface area (Å²) < 4.78 is 11.8. The Morgan fingerprint density at radius 2 is 1.79 bits per heavy atom. The molecule has 146 valence electrons. The Morgan fingerprint density at radius 1 is 0.964 bits per heavy atom. The van der Waals surface area contributed by atoms with Gasteiger partial charge in [-0.05, 0) is 42.7 Å². The van der Waals surface area contributed by atoms with Crippen LogP contribution in [-0.4, -0.2) is 11.6 Å². The highest BCUT2D eigenvalue weighted by molar-refractivity contribution is 6.31. The summed E-state index contributed by atoms with van der Waals surface area (Å²) in [6.45, 7) is 6.41. The summed E-state index contributed by atoms with van der Waals surface area (Å²) in [6.07, 6.45) is 3.62. The Morgan fingerprint density at radius 3 is 2.54 bits per heavy atom. The van der Waals surface area contributed by atoms with Crippen LogP contribution in [0.3, 0.4) is 0 Å². The van der Waals surface area contributed by atoms with Crippen molar-refractivity contribution >= 4 is 11.6 Å². The molecule has 2 aromatic carbocycles. The Bertz CT molecular complexity index is 900. The van der Waals surface area contributed by atoms with Gasteiger partial charge in [-0.2, -0.15) is 0 Å². The number of rotatable bonds is 9. The van der Waals surface area contributed by atoms with Gasteiger partial charge in [0.25, 0.3) is 0 Å². The number of nitrogens with zero attached hydrogens (tertiary/aromatic N) is 1. The number of hydrogen-bond donors (Lipinski definition) is 1. The average molecular weight is 397 g/mol. The first kappa shape index (κ1) is 20.2. The molecule has 0 bridgehead atoms. The zero-order valence-corrected chi connectivity index (χ0v) is 17.0. The lowest BCUT2D eigenvalue weighted by Crippen LogP contribution is -2.13. The molecule has 1 aromatic heterocycles. The fourth-order valence-electron chi connectivity index (χ4n) is 2.90. The van der Waals surface area contributed by atoms with Gasteiger partial charge < -0.3 is 14.8 Å². The van der Waals surface area contributed by atoms with Crippen LogP contribution in [0.2, 0.25) is 5.02 Å². The lowest BCUT2D eigenvalue weighted by atomic mass is 10.1. The van der Waals surface area contributed by atoms with Crippen LogP contribution in [0.4, 0.5) is 0 Å². The van der Waals surface area contributed by atoms with Crippen LogP contribution in [0.5, 0.6) is 11.5 Å². The Hall–Kier alpha value is -2.56. The van der Waals surface area contributed by atoms with Crippen LogP contribution < -0.4 is 14.8 Å². The standard InChI is InChI=1S/C23H25ClN2O2/c1-3-27-22-11-20(15-26-14-19-8-5-9-25-13-19)21(24)12-23(22)28-16-18-7-4-6-17(2)10-18/h4-13,26H,3,14-16H2,1-2H3. The fourth-order valence-corrected chi connectivity index (χ4v) is 3.12. The van der Waals surface area contributed by atoms with Crippen molar-refractivity contribution in [1.82, 2.24) is 10.3 Å². The van der Waals surface area contributed by atoms with E-state index in [1.807, 2.05) is 49.5 Å². The highest BCUT2D eigenvalue weighted by Crippen LogP contribution is 2.34. The number of aromatic nitrogens is 1. The third kappa shape index (κ3) is 5.72. The van der Waals surface area contributed by atoms with Crippen molar-refractivity contribution in [2.24, 2.45) is 0 Å². The van der Waals surface area contributed by atoms with E-state index in [4.69, 9.17) is 21.1 Å². The first-order valence-electron chi connectivity index (χ1n) is 9.39. The van der Waals surface area contributed by atoms with Crippen molar-refractivity contribution in [2.45, 2.75) is 33.5 Å². The minimum atomic E-state index is 0.469. The van der Waals surface area contributed by atoms with Gasteiger partial charge in [-0.3, -0.25) is 4.98 Å². The molecule has 0 saturated heterocycles. The van der Waals surface area contributed by atoms with Gasteiger partial charge in [-0.15, -0.1) is 0 Å². The predicted octanol–water partition coefficient (Wildman–Crippen LogP) is 5.31. The molecule has 28 heavy (non-hydrogen) atoms. The quantitative estimate of drug-likeness (QED) is 0.532. The topological polar surface area (TPSA) is 43.4 Å². The Labute approximate surface area is 171 Å². The molecular weight excluding hydrogens is 372 g/mol. The van der Waals surface area contributed by atoms with E-state index in [1.54, 1.807) is 6.20 Å². The van der Waals surface area contributed by atoms with E-state index in [2.05, 4.69) is 29.4 Å². The van der Waals surface area contributed by atoms with E-state index in [1.165, 1.54) is 5.56 Å². The second-order valence-corrected chi connectivity index (χ2v) is 6.97. The number of hydrogen-bond acceptors (Lipinski definition) is 4. The number of halogens is 1. The molecule has 0 saturated carbocycles. The van der Waals surface area contributed by atoms with Crippen molar-refractivity contribution in [3.05, 3.63) is 88.2 Å². The minimum absolute atomic E-state index is 0.469. The van der Waals surface area contributed by atoms with Crippen LogP contribution in [0.1, 0.15) is 29.2 Å². The highest BCUT2D eigenvalue weighted by atomic mass is 35.5. The van der Waals surface area contributed by atoms with Gasteiger partial charge in [0.2, 0.25) is 0 Å². The monoisotopic (exact) mass is 396 g/mol. The normalized spacial score (nSPS) is 10.7. The first-order chi connectivity index (χ1) is 13.7. The van der Waals surface area contributed by atoms with Gasteiger partial charge in [0.05, 0.1) is 6.61 Å². The summed E-state index contributed by atoms with van der Waals surface area (Å²) in [7, 11) is 0. The molecule has 0 unspecified atom stereocenters. The third-order valence-corrected chi connectivity index (χ3v) is 4.61. The number of ether oxygens (including phenoxy) is 2. The molecule has 3 rings (SSSR count). The molecule has 4 nitrogen and oxygen atoms in total. The molecular formula is C23H25ClN2O2. The minimum Gasteiger partial charge on any atom is -0.490 e. The molecule has 0 aliphatic rings. The molecule has 5 heteroatoms. The largest absolute Gasteiger partial charge is 0.490 e. The second-order valence-electron chi connectivity index (χ2n) is 6.57. The Balaban J connectivity index is 1.68. The van der Waals surface area contributed by atoms with Gasteiger partial charge in [0, 0.05) is 36.6 Å². The maximum Gasteiger partial charge on any atom is 0.163 e. The smallest absolute Gasteiger partial charge is 0.163 e. The molecule has 0 spiro atoms. The van der Waals surface area contributed by atoms with Crippen molar-refractivity contribution < 1.29 is 9.47 Å². The maximum absolute atomic E-state index is 6.50. The number of aryl methyl sites for hydroxylation is 1. The molecule has 0 amide bonds. The van der Waals surface area contributed by atoms with Crippen LogP contribution in [-0.2, 0) is 19.7 Å². The van der Waals surface area contributed by atoms with Gasteiger partial charge >= 0.3 is 0 Å². The summed E-state index contributed by atoms with van der Waals surface area (Å²) in [4.78, 5) is 4.13. The van der Waals surface area contributed by atoms with Crippen molar-refractivity contribution in [3.8, 4) is 11.5 Å². The van der Waals surface area contributed by atoms with E-state index >= 15 is 0 Å². The first-order valence-corrected chi connectivity index (χ1v) is 9.76. The lowest BCUT2D eigenvalue weighted by molar-refractivity contribution is 0.269. The highest BCUT2D eigenvalue weighted by Gasteiger charge is 2.12. The van der Waals surface area contributed by atoms with Gasteiger partial charge in [-0.1, -0.05) is 47.5 Å². The summed E-state index contributed by atoms with van der Waals surface area (Å²) in [5.74, 6) is 1.36. The molecule has 1 heterocycles. The van der Waals surface area contributed by atoms with Crippen LogP contribution in [0.15, 0.2) is 60.9 Å². The zero-order valence-electron chi connectivity index (χ0n) is 16.2. The number of nitrogens with one attached hydrogen (secondary N) is 1. The molecule has 0 atom stereocenters. The van der Waals surface area contributed by atoms with Crippen molar-refractivity contribution in [2.75, 3.05) is 6.61 Å². The van der Waals surface area contributed by atoms with Gasteiger partial charge in [-0.25, -0.2) is 0 Å². The van der Waals surface area contributed by atoms with E-state index in [-0.39, 0.29) is 0 Å². The van der Waals surface area contributed by atoms with Gasteiger partial charge in [0.1, 0.15) is 6.61 Å². The summed E-state index contributed by atoms with van der Waals surface area (Å²) in [5.41, 5.74) is 4.42. The number of pyridine rings is 1. The molecule has 0 radical (unpaired) electrons. The predicted molar refractivity (Wildman–Crippen MR) is 113 cm³/mol. The number of benzene rings is 2. The van der Waals surface area contributed by atoms with Crippen molar-refractivity contribution in [3.63, 3.8) is 0 Å². The molecule has 0 aliphatic carbocycles. The SMILES string of the molecule is CCOc1cc(CNCc2cccnc2)c(Cl)cc1OCc1cccc(C)c1. The maximum atomic E-state index is 6.50. The Kier molecular flexibility index (Phi) is 7.29. The summed E-state index contributed by atoms with van der Waals surface area (Å²) in [5, 5.41) is 4.04. The molecule has 1 N–H and O–H groups in total. The molecule has 3 aromatic rings. The molecule has 0 aliphatic heterocycles. The lowest BCUT2D eigenvalue weighted by Gasteiger charge is -2.15. The molecule has 0 fully saturated rings. The van der Waals surface area contributed by atoms with E-state index in [0.717, 1.165) is 23.2 Å². The fraction of sp³-hybridized carbons (Fsp3) is 0.261. The summed E-state index contributed by atoms with van der Waals surface area (Å²) >= 11 is 6.50. The van der Waals surface area contributed by atoms with Gasteiger partial charge in [0.15, 0.2) is 11.5 Å². The van der Waals surface area contributed by atoms with E-state index < -0.39 is 0 Å². The average Bonchev–Trinajstić information content (AvgIpc) is 2.70. The van der Waals surface area contributed by atoms with E-state index in [9.17, 15) is 0 Å². The zero-order chi connectivity index (χ0) is 19.8. The van der Waals surface area contributed by atoms with Crippen LogP contribution >= 0.6 is 11.6 Å². The van der Waals surface area contributed by atoms with Crippen molar-refractivity contribution in [1.29, 1.82) is 0 Å². The second kappa shape index (κ2) is 10.1. The van der Waals surface area contributed by atoms with Crippen LogP contribution in [0, 0.1) is 6.92 Å².